The number of nitrogens with zero attached hydrogens (tertiary/aromatic N) is 4. The number of nitrogens with one attached hydrogen (secondary N) is 1. The third-order valence-electron chi connectivity index (χ3n) is 7.27. The van der Waals surface area contributed by atoms with E-state index in [0.717, 1.165) is 31.2 Å². The van der Waals surface area contributed by atoms with Crippen molar-refractivity contribution in [2.45, 2.75) is 64.8 Å². The highest BCUT2D eigenvalue weighted by molar-refractivity contribution is 7.99. The van der Waals surface area contributed by atoms with Gasteiger partial charge in [-0.25, -0.2) is 4.39 Å². The van der Waals surface area contributed by atoms with Gasteiger partial charge in [0.05, 0.1) is 11.3 Å². The van der Waals surface area contributed by atoms with E-state index >= 15 is 0 Å². The van der Waals surface area contributed by atoms with E-state index in [0.29, 0.717) is 39.8 Å². The van der Waals surface area contributed by atoms with Gasteiger partial charge in [-0.05, 0) is 60.4 Å². The number of anilines is 1. The van der Waals surface area contributed by atoms with Crippen molar-refractivity contribution in [3.8, 4) is 11.8 Å². The Labute approximate surface area is 231 Å². The molecule has 0 saturated heterocycles. The number of hydrogen-bond donors (Lipinski definition) is 1. The molecule has 0 fully saturated rings. The van der Waals surface area contributed by atoms with Crippen LogP contribution in [0.1, 0.15) is 55.4 Å². The molecular weight excluding hydrogens is 521 g/mol. The Bertz CT molecular complexity index is 1340. The fourth-order valence-corrected chi connectivity index (χ4v) is 6.63. The number of halogens is 1. The number of carbonyl (C=O) groups is 1. The highest BCUT2D eigenvalue weighted by Crippen LogP contribution is 2.45. The van der Waals surface area contributed by atoms with Crippen LogP contribution in [0.2, 0.25) is 0 Å². The smallest absolute Gasteiger partial charge is 0.235 e. The van der Waals surface area contributed by atoms with Crippen LogP contribution in [0.15, 0.2) is 42.1 Å². The maximum Gasteiger partial charge on any atom is 0.235 e. The number of thioether (sulfide) groups is 1. The normalized spacial score (nSPS) is 15.0. The molecule has 10 heteroatoms. The van der Waals surface area contributed by atoms with Crippen molar-refractivity contribution < 1.29 is 13.9 Å². The number of amides is 1. The average molecular weight is 554 g/mol. The lowest BCUT2D eigenvalue weighted by Crippen LogP contribution is -2.28. The van der Waals surface area contributed by atoms with E-state index in [4.69, 9.17) is 4.74 Å². The average Bonchev–Trinajstić information content (AvgIpc) is 3.46. The zero-order chi connectivity index (χ0) is 27.3. The summed E-state index contributed by atoms with van der Waals surface area (Å²) < 4.78 is 20.7. The third-order valence-corrected chi connectivity index (χ3v) is 9.40. The number of ether oxygens (including phenoxy) is 1. The molecule has 2 aromatic heterocycles. The van der Waals surface area contributed by atoms with Gasteiger partial charge in [-0.2, -0.15) is 5.26 Å². The van der Waals surface area contributed by atoms with Crippen LogP contribution in [0.25, 0.3) is 0 Å². The first-order valence-electron chi connectivity index (χ1n) is 12.6. The maximum absolute atomic E-state index is 13.1. The summed E-state index contributed by atoms with van der Waals surface area (Å²) in [6.07, 6.45) is 5.72. The molecule has 200 valence electrons. The van der Waals surface area contributed by atoms with Crippen molar-refractivity contribution in [1.29, 1.82) is 5.26 Å². The highest BCUT2D eigenvalue weighted by Gasteiger charge is 2.34. The molecule has 2 heterocycles. The second-order valence-corrected chi connectivity index (χ2v) is 12.0. The van der Waals surface area contributed by atoms with Crippen molar-refractivity contribution in [2.75, 3.05) is 11.1 Å². The summed E-state index contributed by atoms with van der Waals surface area (Å²) in [5, 5.41) is 22.4. The predicted molar refractivity (Wildman–Crippen MR) is 149 cm³/mol. The highest BCUT2D eigenvalue weighted by atomic mass is 32.2. The van der Waals surface area contributed by atoms with Gasteiger partial charge in [0.15, 0.2) is 11.0 Å². The van der Waals surface area contributed by atoms with Gasteiger partial charge in [0.1, 0.15) is 29.2 Å². The topological polar surface area (TPSA) is 92.8 Å². The number of fused-ring (bicyclic) bond motifs is 1. The number of benzene rings is 1. The van der Waals surface area contributed by atoms with E-state index in [1.165, 1.54) is 40.1 Å². The molecular formula is C28H32FN5O2S2. The number of aromatic nitrogens is 3. The molecule has 7 nitrogen and oxygen atoms in total. The predicted octanol–water partition coefficient (Wildman–Crippen LogP) is 6.39. The summed E-state index contributed by atoms with van der Waals surface area (Å²) in [5.41, 5.74) is 1.95. The van der Waals surface area contributed by atoms with Gasteiger partial charge in [0.25, 0.3) is 0 Å². The maximum atomic E-state index is 13.1. The Morgan fingerprint density at radius 2 is 2.16 bits per heavy atom. The van der Waals surface area contributed by atoms with Crippen LogP contribution < -0.4 is 10.1 Å². The number of rotatable bonds is 11. The van der Waals surface area contributed by atoms with Gasteiger partial charge in [-0.15, -0.1) is 28.1 Å². The molecule has 1 aliphatic rings. The second-order valence-electron chi connectivity index (χ2n) is 9.98. The summed E-state index contributed by atoms with van der Waals surface area (Å²) in [7, 11) is 0. The van der Waals surface area contributed by atoms with E-state index in [-0.39, 0.29) is 29.5 Å². The first-order chi connectivity index (χ1) is 18.2. The molecule has 1 amide bonds. The second kappa shape index (κ2) is 12.1. The first-order valence-corrected chi connectivity index (χ1v) is 14.4. The number of hydrogen-bond acceptors (Lipinski definition) is 7. The number of nitriles is 1. The van der Waals surface area contributed by atoms with Crippen molar-refractivity contribution in [2.24, 2.45) is 11.3 Å². The minimum absolute atomic E-state index is 0.118. The van der Waals surface area contributed by atoms with Crippen molar-refractivity contribution >= 4 is 34.0 Å². The number of thiophene rings is 1. The van der Waals surface area contributed by atoms with Crippen molar-refractivity contribution in [3.05, 3.63) is 64.6 Å². The van der Waals surface area contributed by atoms with Gasteiger partial charge in [0, 0.05) is 11.4 Å². The van der Waals surface area contributed by atoms with Crippen LogP contribution in [0.4, 0.5) is 9.39 Å². The van der Waals surface area contributed by atoms with Crippen molar-refractivity contribution in [3.63, 3.8) is 0 Å². The summed E-state index contributed by atoms with van der Waals surface area (Å²) >= 11 is 2.80. The molecule has 0 spiro atoms. The number of carbonyl (C=O) groups excluding carboxylic acids is 1. The molecule has 38 heavy (non-hydrogen) atoms. The molecule has 0 aliphatic heterocycles. The molecule has 3 aromatic rings. The molecule has 1 N–H and O–H groups in total. The molecule has 0 saturated carbocycles. The lowest BCUT2D eigenvalue weighted by atomic mass is 9.69. The fourth-order valence-electron chi connectivity index (χ4n) is 4.56. The minimum atomic E-state index is -0.335. The van der Waals surface area contributed by atoms with E-state index in [1.54, 1.807) is 18.2 Å². The molecule has 0 radical (unpaired) electrons. The van der Waals surface area contributed by atoms with Crippen LogP contribution in [0.5, 0.6) is 5.75 Å². The Hall–Kier alpha value is -3.16. The summed E-state index contributed by atoms with van der Waals surface area (Å²) in [4.78, 5) is 14.1. The van der Waals surface area contributed by atoms with Crippen LogP contribution in [-0.4, -0.2) is 26.4 Å². The molecule has 1 aromatic carbocycles. The Morgan fingerprint density at radius 3 is 2.84 bits per heavy atom. The molecule has 4 rings (SSSR count). The van der Waals surface area contributed by atoms with E-state index in [1.807, 2.05) is 4.57 Å². The zero-order valence-corrected chi connectivity index (χ0v) is 23.6. The number of allylic oxidation sites excluding steroid dienone is 1. The fraction of sp³-hybridized carbons (Fsp3) is 0.429. The van der Waals surface area contributed by atoms with E-state index in [2.05, 4.69) is 48.9 Å². The van der Waals surface area contributed by atoms with Crippen molar-refractivity contribution in [1.82, 2.24) is 14.8 Å². The Balaban J connectivity index is 1.40. The van der Waals surface area contributed by atoms with Gasteiger partial charge in [-0.1, -0.05) is 45.0 Å². The lowest BCUT2D eigenvalue weighted by Gasteiger charge is -2.36. The van der Waals surface area contributed by atoms with E-state index in [9.17, 15) is 14.4 Å². The van der Waals surface area contributed by atoms with Gasteiger partial charge >= 0.3 is 0 Å². The summed E-state index contributed by atoms with van der Waals surface area (Å²) in [5.74, 6) is 1.24. The van der Waals surface area contributed by atoms with E-state index < -0.39 is 0 Å². The van der Waals surface area contributed by atoms with Crippen LogP contribution in [-0.2, 0) is 30.8 Å². The third kappa shape index (κ3) is 6.27. The molecule has 1 unspecified atom stereocenters. The standard InChI is InChI=1S/C28H32FN5O2S2/c1-5-13-34-24(16-36-20-10-8-19(29)9-11-20)32-33-27(34)37-17-25(35)31-26-22(15-30)21-12-7-18(14-23(21)38-26)28(3,4)6-2/h5,8-11,18H,1,6-7,12-14,16-17H2,2-4H3,(H,31,35). The van der Waals surface area contributed by atoms with Gasteiger partial charge in [0.2, 0.25) is 5.91 Å². The first kappa shape index (κ1) is 27.9. The summed E-state index contributed by atoms with van der Waals surface area (Å²) in [6, 6.07) is 8.08. The largest absolute Gasteiger partial charge is 0.486 e. The minimum Gasteiger partial charge on any atom is -0.486 e. The molecule has 1 atom stereocenters. The zero-order valence-electron chi connectivity index (χ0n) is 21.9. The van der Waals surface area contributed by atoms with Crippen LogP contribution in [0, 0.1) is 28.5 Å². The van der Waals surface area contributed by atoms with Gasteiger partial charge in [-0.3, -0.25) is 9.36 Å². The van der Waals surface area contributed by atoms with Gasteiger partial charge < -0.3 is 10.1 Å². The quantitative estimate of drug-likeness (QED) is 0.219. The van der Waals surface area contributed by atoms with Crippen LogP contribution >= 0.6 is 23.1 Å². The van der Waals surface area contributed by atoms with Crippen LogP contribution in [0.3, 0.4) is 0 Å². The molecule has 0 bridgehead atoms. The Morgan fingerprint density at radius 1 is 1.39 bits per heavy atom. The summed E-state index contributed by atoms with van der Waals surface area (Å²) in [6.45, 7) is 11.2. The molecule has 1 aliphatic carbocycles. The Kier molecular flexibility index (Phi) is 8.90. The monoisotopic (exact) mass is 553 g/mol. The lowest BCUT2D eigenvalue weighted by molar-refractivity contribution is -0.113. The SMILES string of the molecule is C=CCn1c(COc2ccc(F)cc2)nnc1SCC(=O)Nc1sc2c(c1C#N)CCC(C(C)(C)CC)C2.